The normalized spacial score (nSPS) is 22.0. The molecule has 1 aromatic heterocycles. The lowest BCUT2D eigenvalue weighted by Crippen LogP contribution is -2.32. The highest BCUT2D eigenvalue weighted by molar-refractivity contribution is 5.06. The van der Waals surface area contributed by atoms with Crippen LogP contribution < -0.4 is 0 Å². The molecule has 1 fully saturated rings. The zero-order valence-electron chi connectivity index (χ0n) is 10.6. The van der Waals surface area contributed by atoms with E-state index in [9.17, 15) is 13.9 Å². The number of nitrogens with zero attached hydrogens (tertiary/aromatic N) is 2. The molecule has 0 aliphatic heterocycles. The molecular weight excluding hydrogens is 238 g/mol. The maximum Gasteiger partial charge on any atom is 0.248 e. The van der Waals surface area contributed by atoms with Gasteiger partial charge in [-0.15, -0.1) is 0 Å². The van der Waals surface area contributed by atoms with E-state index in [1.165, 1.54) is 0 Å². The van der Waals surface area contributed by atoms with Gasteiger partial charge in [-0.25, -0.2) is 8.78 Å². The van der Waals surface area contributed by atoms with Crippen LogP contribution in [0, 0.1) is 5.92 Å². The quantitative estimate of drug-likeness (QED) is 0.901. The molecule has 0 amide bonds. The van der Waals surface area contributed by atoms with Crippen LogP contribution in [0.5, 0.6) is 0 Å². The lowest BCUT2D eigenvalue weighted by Gasteiger charge is -2.31. The molecule has 0 radical (unpaired) electrons. The van der Waals surface area contributed by atoms with Gasteiger partial charge in [-0.2, -0.15) is 5.10 Å². The van der Waals surface area contributed by atoms with E-state index >= 15 is 0 Å². The summed E-state index contributed by atoms with van der Waals surface area (Å²) < 4.78 is 27.8. The van der Waals surface area contributed by atoms with Crippen molar-refractivity contribution in [3.63, 3.8) is 0 Å². The van der Waals surface area contributed by atoms with Crippen molar-refractivity contribution in [3.8, 4) is 0 Å². The molecule has 0 bridgehead atoms. The van der Waals surface area contributed by atoms with Crippen molar-refractivity contribution in [2.45, 2.75) is 57.6 Å². The average molecular weight is 258 g/mol. The second-order valence-electron chi connectivity index (χ2n) is 5.17. The Kier molecular flexibility index (Phi) is 4.00. The number of halogens is 2. The highest BCUT2D eigenvalue weighted by Gasteiger charge is 2.37. The minimum atomic E-state index is -2.52. The van der Waals surface area contributed by atoms with Gasteiger partial charge in [0.25, 0.3) is 0 Å². The summed E-state index contributed by atoms with van der Waals surface area (Å²) in [5.41, 5.74) is 0.974. The summed E-state index contributed by atoms with van der Waals surface area (Å²) in [4.78, 5) is 0. The molecule has 1 aliphatic rings. The third kappa shape index (κ3) is 3.28. The number of aliphatic hydroxyl groups excluding tert-OH is 1. The Morgan fingerprint density at radius 3 is 2.72 bits per heavy atom. The average Bonchev–Trinajstić information content (AvgIpc) is 2.76. The Labute approximate surface area is 106 Å². The monoisotopic (exact) mass is 258 g/mol. The van der Waals surface area contributed by atoms with Gasteiger partial charge in [-0.3, -0.25) is 4.68 Å². The Bertz CT molecular complexity index is 382. The van der Waals surface area contributed by atoms with Gasteiger partial charge in [-0.05, 0) is 31.2 Å². The van der Waals surface area contributed by atoms with Crippen molar-refractivity contribution in [2.24, 2.45) is 5.92 Å². The van der Waals surface area contributed by atoms with E-state index in [0.29, 0.717) is 19.3 Å². The molecule has 1 saturated carbocycles. The molecule has 1 aliphatic carbocycles. The molecule has 102 valence electrons. The van der Waals surface area contributed by atoms with Crippen LogP contribution in [0.3, 0.4) is 0 Å². The van der Waals surface area contributed by atoms with Gasteiger partial charge in [0.15, 0.2) is 0 Å². The van der Waals surface area contributed by atoms with E-state index in [2.05, 4.69) is 5.10 Å². The molecular formula is C13H20F2N2O. The topological polar surface area (TPSA) is 38.0 Å². The van der Waals surface area contributed by atoms with Crippen LogP contribution in [-0.2, 0) is 13.0 Å². The van der Waals surface area contributed by atoms with Gasteiger partial charge in [0.05, 0.1) is 12.3 Å². The maximum atomic E-state index is 13.0. The van der Waals surface area contributed by atoms with E-state index in [0.717, 1.165) is 12.1 Å². The second kappa shape index (κ2) is 5.34. The third-order valence-corrected chi connectivity index (χ3v) is 3.76. The molecule has 1 unspecified atom stereocenters. The Hall–Kier alpha value is -0.970. The van der Waals surface area contributed by atoms with Gasteiger partial charge in [0.2, 0.25) is 5.92 Å². The molecule has 5 heteroatoms. The maximum absolute atomic E-state index is 13.0. The van der Waals surface area contributed by atoms with Gasteiger partial charge in [0.1, 0.15) is 0 Å². The van der Waals surface area contributed by atoms with Crippen molar-refractivity contribution in [3.05, 3.63) is 18.0 Å². The Morgan fingerprint density at radius 1 is 1.50 bits per heavy atom. The summed E-state index contributed by atoms with van der Waals surface area (Å²) in [6, 6.07) is 0. The minimum Gasteiger partial charge on any atom is -0.392 e. The largest absolute Gasteiger partial charge is 0.392 e. The number of aromatic nitrogens is 2. The summed E-state index contributed by atoms with van der Waals surface area (Å²) in [6.07, 6.45) is 4.26. The number of aryl methyl sites for hydroxylation is 1. The van der Waals surface area contributed by atoms with Crippen LogP contribution in [0.4, 0.5) is 8.78 Å². The lowest BCUT2D eigenvalue weighted by atomic mass is 9.82. The van der Waals surface area contributed by atoms with Crippen LogP contribution in [0.1, 0.15) is 38.2 Å². The van der Waals surface area contributed by atoms with Crippen molar-refractivity contribution in [1.82, 2.24) is 9.78 Å². The molecule has 0 spiro atoms. The first-order chi connectivity index (χ1) is 8.50. The van der Waals surface area contributed by atoms with Gasteiger partial charge in [0, 0.05) is 32.0 Å². The van der Waals surface area contributed by atoms with Crippen LogP contribution in [-0.4, -0.2) is 26.9 Å². The minimum absolute atomic E-state index is 0.00500. The molecule has 1 aromatic rings. The molecule has 0 aromatic carbocycles. The molecule has 0 saturated heterocycles. The van der Waals surface area contributed by atoms with E-state index < -0.39 is 12.0 Å². The Morgan fingerprint density at radius 2 is 2.17 bits per heavy atom. The van der Waals surface area contributed by atoms with Gasteiger partial charge < -0.3 is 5.11 Å². The predicted molar refractivity (Wildman–Crippen MR) is 64.5 cm³/mol. The zero-order valence-corrected chi connectivity index (χ0v) is 10.6. The van der Waals surface area contributed by atoms with Gasteiger partial charge in [-0.1, -0.05) is 0 Å². The summed E-state index contributed by atoms with van der Waals surface area (Å²) in [5.74, 6) is -2.53. The van der Waals surface area contributed by atoms with Crippen molar-refractivity contribution < 1.29 is 13.9 Å². The molecule has 1 heterocycles. The number of hydrogen-bond donors (Lipinski definition) is 1. The first-order valence-electron chi connectivity index (χ1n) is 6.57. The fraction of sp³-hybridized carbons (Fsp3) is 0.769. The van der Waals surface area contributed by atoms with Crippen molar-refractivity contribution >= 4 is 0 Å². The molecule has 1 atom stereocenters. The number of rotatable bonds is 4. The fourth-order valence-corrected chi connectivity index (χ4v) is 2.54. The molecule has 2 rings (SSSR count). The SMILES string of the molecule is CCn1cc(CC(O)C2CCC(F)(F)CC2)cn1. The summed E-state index contributed by atoms with van der Waals surface area (Å²) in [5, 5.41) is 14.2. The smallest absolute Gasteiger partial charge is 0.248 e. The summed E-state index contributed by atoms with van der Waals surface area (Å²) >= 11 is 0. The van der Waals surface area contributed by atoms with Crippen molar-refractivity contribution in [2.75, 3.05) is 0 Å². The van der Waals surface area contributed by atoms with E-state index in [1.54, 1.807) is 10.9 Å². The Balaban J connectivity index is 1.86. The van der Waals surface area contributed by atoms with E-state index in [-0.39, 0.29) is 18.8 Å². The molecule has 3 nitrogen and oxygen atoms in total. The van der Waals surface area contributed by atoms with Crippen LogP contribution in [0.15, 0.2) is 12.4 Å². The number of alkyl halides is 2. The lowest BCUT2D eigenvalue weighted by molar-refractivity contribution is -0.0619. The summed E-state index contributed by atoms with van der Waals surface area (Å²) in [6.45, 7) is 2.79. The summed E-state index contributed by atoms with van der Waals surface area (Å²) in [7, 11) is 0. The third-order valence-electron chi connectivity index (χ3n) is 3.76. The highest BCUT2D eigenvalue weighted by Crippen LogP contribution is 2.37. The van der Waals surface area contributed by atoms with Crippen LogP contribution >= 0.6 is 0 Å². The fourth-order valence-electron chi connectivity index (χ4n) is 2.54. The highest BCUT2D eigenvalue weighted by atomic mass is 19.3. The van der Waals surface area contributed by atoms with Crippen molar-refractivity contribution in [1.29, 1.82) is 0 Å². The standard InChI is InChI=1S/C13H20F2N2O/c1-2-17-9-10(8-16-17)7-12(18)11-3-5-13(14,15)6-4-11/h8-9,11-12,18H,2-7H2,1H3. The van der Waals surface area contributed by atoms with E-state index in [1.807, 2.05) is 13.1 Å². The first-order valence-corrected chi connectivity index (χ1v) is 6.57. The molecule has 18 heavy (non-hydrogen) atoms. The second-order valence-corrected chi connectivity index (χ2v) is 5.17. The zero-order chi connectivity index (χ0) is 13.2. The first kappa shape index (κ1) is 13.5. The number of hydrogen-bond acceptors (Lipinski definition) is 2. The molecule has 1 N–H and O–H groups in total. The van der Waals surface area contributed by atoms with Gasteiger partial charge >= 0.3 is 0 Å². The van der Waals surface area contributed by atoms with Crippen LogP contribution in [0.25, 0.3) is 0 Å². The number of aliphatic hydroxyl groups is 1. The van der Waals surface area contributed by atoms with Crippen LogP contribution in [0.2, 0.25) is 0 Å². The van der Waals surface area contributed by atoms with E-state index in [4.69, 9.17) is 0 Å². The predicted octanol–water partition coefficient (Wildman–Crippen LogP) is 2.63.